The number of aromatic nitrogens is 3. The molecule has 29 heavy (non-hydrogen) atoms. The Bertz CT molecular complexity index is 1400. The van der Waals surface area contributed by atoms with Gasteiger partial charge in [0.05, 0.1) is 23.0 Å². The van der Waals surface area contributed by atoms with Crippen LogP contribution in [0.25, 0.3) is 27.3 Å². The van der Waals surface area contributed by atoms with E-state index < -0.39 is 5.97 Å². The third-order valence-electron chi connectivity index (χ3n) is 4.42. The number of thiazole rings is 1. The van der Waals surface area contributed by atoms with Gasteiger partial charge in [0.1, 0.15) is 12.3 Å². The average molecular weight is 403 g/mol. The van der Waals surface area contributed by atoms with E-state index in [1.54, 1.807) is 36.0 Å². The molecule has 1 aromatic carbocycles. The van der Waals surface area contributed by atoms with Gasteiger partial charge in [-0.1, -0.05) is 18.2 Å². The minimum Gasteiger partial charge on any atom is -0.463 e. The van der Waals surface area contributed by atoms with Crippen molar-refractivity contribution in [3.8, 4) is 11.5 Å². The molecule has 0 amide bonds. The Labute approximate surface area is 167 Å². The normalized spacial score (nSPS) is 11.2. The molecule has 0 saturated carbocycles. The van der Waals surface area contributed by atoms with E-state index in [-0.39, 0.29) is 12.2 Å². The molecule has 0 bridgehead atoms. The molecule has 0 spiro atoms. The third-order valence-corrected chi connectivity index (χ3v) is 5.17. The first-order valence-electron chi connectivity index (χ1n) is 8.75. The van der Waals surface area contributed by atoms with Gasteiger partial charge in [0.15, 0.2) is 10.7 Å². The Balaban J connectivity index is 1.49. The van der Waals surface area contributed by atoms with E-state index in [1.165, 1.54) is 21.8 Å². The Hall–Kier alpha value is -3.78. The number of ether oxygens (including phenoxy) is 1. The average Bonchev–Trinajstić information content (AvgIpc) is 3.43. The van der Waals surface area contributed by atoms with Crippen LogP contribution < -0.4 is 5.56 Å². The maximum absolute atomic E-state index is 12.9. The van der Waals surface area contributed by atoms with Crippen molar-refractivity contribution in [1.82, 2.24) is 14.4 Å². The van der Waals surface area contributed by atoms with Gasteiger partial charge in [-0.3, -0.25) is 9.20 Å². The molecule has 5 aromatic rings. The number of pyridine rings is 1. The number of hydrogen-bond donors (Lipinski definition) is 0. The van der Waals surface area contributed by atoms with Crippen molar-refractivity contribution in [3.05, 3.63) is 88.0 Å². The molecular weight excluding hydrogens is 390 g/mol. The van der Waals surface area contributed by atoms with Gasteiger partial charge in [-0.2, -0.15) is 0 Å². The van der Waals surface area contributed by atoms with Crippen molar-refractivity contribution in [2.24, 2.45) is 0 Å². The molecule has 0 atom stereocenters. The third kappa shape index (κ3) is 3.19. The number of fused-ring (bicyclic) bond motifs is 2. The van der Waals surface area contributed by atoms with Gasteiger partial charge < -0.3 is 9.15 Å². The zero-order valence-electron chi connectivity index (χ0n) is 14.9. The molecule has 8 heteroatoms. The molecule has 0 aliphatic heterocycles. The monoisotopic (exact) mass is 403 g/mol. The van der Waals surface area contributed by atoms with Crippen LogP contribution in [-0.2, 0) is 11.3 Å². The first-order chi connectivity index (χ1) is 14.2. The molecule has 0 fully saturated rings. The van der Waals surface area contributed by atoms with Gasteiger partial charge in [0, 0.05) is 23.0 Å². The highest BCUT2D eigenvalue weighted by Crippen LogP contribution is 2.26. The van der Waals surface area contributed by atoms with Crippen molar-refractivity contribution in [3.63, 3.8) is 0 Å². The summed E-state index contributed by atoms with van der Waals surface area (Å²) in [4.78, 5) is 34.4. The van der Waals surface area contributed by atoms with Crippen LogP contribution in [0.4, 0.5) is 0 Å². The Kier molecular flexibility index (Phi) is 4.18. The first-order valence-corrected chi connectivity index (χ1v) is 9.63. The quantitative estimate of drug-likeness (QED) is 0.423. The SMILES string of the molecule is O=C(OCc1cc(=O)n2ccsc2n1)c1cc(-c2ccco2)nc2ccccc12. The highest BCUT2D eigenvalue weighted by molar-refractivity contribution is 7.15. The van der Waals surface area contributed by atoms with Gasteiger partial charge in [-0.05, 0) is 24.3 Å². The van der Waals surface area contributed by atoms with Crippen LogP contribution in [-0.4, -0.2) is 20.3 Å². The minimum atomic E-state index is -0.524. The summed E-state index contributed by atoms with van der Waals surface area (Å²) in [5.74, 6) is 0.0345. The fraction of sp³-hybridized carbons (Fsp3) is 0.0476. The van der Waals surface area contributed by atoms with Gasteiger partial charge in [-0.25, -0.2) is 14.8 Å². The topological polar surface area (TPSA) is 86.7 Å². The first kappa shape index (κ1) is 17.3. The van der Waals surface area contributed by atoms with E-state index in [1.807, 2.05) is 24.3 Å². The molecule has 0 aliphatic rings. The molecule has 4 aromatic heterocycles. The van der Waals surface area contributed by atoms with Gasteiger partial charge in [0.25, 0.3) is 5.56 Å². The fourth-order valence-electron chi connectivity index (χ4n) is 3.07. The van der Waals surface area contributed by atoms with E-state index >= 15 is 0 Å². The Morgan fingerprint density at radius 3 is 2.90 bits per heavy atom. The maximum Gasteiger partial charge on any atom is 0.339 e. The van der Waals surface area contributed by atoms with Gasteiger partial charge >= 0.3 is 5.97 Å². The lowest BCUT2D eigenvalue weighted by Gasteiger charge is -2.09. The standard InChI is InChI=1S/C21H13N3O4S/c25-19-10-13(22-21-24(19)7-9-29-21)12-28-20(26)15-11-17(18-6-3-8-27-18)23-16-5-2-1-4-14(15)16/h1-11H,12H2. The molecule has 7 nitrogen and oxygen atoms in total. The van der Waals surface area contributed by atoms with Crippen LogP contribution in [0.1, 0.15) is 16.1 Å². The van der Waals surface area contributed by atoms with Crippen molar-refractivity contribution < 1.29 is 13.9 Å². The number of esters is 1. The summed E-state index contributed by atoms with van der Waals surface area (Å²) in [6, 6.07) is 13.9. The Morgan fingerprint density at radius 2 is 2.03 bits per heavy atom. The summed E-state index contributed by atoms with van der Waals surface area (Å²) >= 11 is 1.34. The zero-order valence-corrected chi connectivity index (χ0v) is 15.8. The van der Waals surface area contributed by atoms with Crippen molar-refractivity contribution >= 4 is 33.2 Å². The largest absolute Gasteiger partial charge is 0.463 e. The van der Waals surface area contributed by atoms with E-state index in [9.17, 15) is 9.59 Å². The second kappa shape index (κ2) is 6.99. The summed E-state index contributed by atoms with van der Waals surface area (Å²) < 4.78 is 12.3. The predicted octanol–water partition coefficient (Wildman–Crippen LogP) is 3.92. The number of benzene rings is 1. The number of nitrogens with zero attached hydrogens (tertiary/aromatic N) is 3. The smallest absolute Gasteiger partial charge is 0.339 e. The highest BCUT2D eigenvalue weighted by Gasteiger charge is 2.17. The van der Waals surface area contributed by atoms with Crippen LogP contribution in [0.2, 0.25) is 0 Å². The molecule has 4 heterocycles. The predicted molar refractivity (Wildman–Crippen MR) is 108 cm³/mol. The number of carbonyl (C=O) groups is 1. The number of para-hydroxylation sites is 1. The fourth-order valence-corrected chi connectivity index (χ4v) is 3.81. The summed E-state index contributed by atoms with van der Waals surface area (Å²) in [6.07, 6.45) is 3.21. The van der Waals surface area contributed by atoms with Crippen LogP contribution >= 0.6 is 11.3 Å². The number of hydrogen-bond acceptors (Lipinski definition) is 7. The minimum absolute atomic E-state index is 0.102. The second-order valence-electron chi connectivity index (χ2n) is 6.27. The summed E-state index contributed by atoms with van der Waals surface area (Å²) in [6.45, 7) is -0.102. The molecule has 0 unspecified atom stereocenters. The zero-order chi connectivity index (χ0) is 19.8. The second-order valence-corrected chi connectivity index (χ2v) is 7.14. The van der Waals surface area contributed by atoms with Gasteiger partial charge in [-0.15, -0.1) is 11.3 Å². The molecular formula is C21H13N3O4S. The van der Waals surface area contributed by atoms with E-state index in [0.29, 0.717) is 38.6 Å². The number of rotatable bonds is 4. The summed E-state index contributed by atoms with van der Waals surface area (Å²) in [7, 11) is 0. The van der Waals surface area contributed by atoms with Crippen LogP contribution in [0.5, 0.6) is 0 Å². The molecule has 142 valence electrons. The lowest BCUT2D eigenvalue weighted by molar-refractivity contribution is 0.0470. The van der Waals surface area contributed by atoms with Crippen molar-refractivity contribution in [2.45, 2.75) is 6.61 Å². The van der Waals surface area contributed by atoms with E-state index in [4.69, 9.17) is 9.15 Å². The molecule has 5 rings (SSSR count). The van der Waals surface area contributed by atoms with Crippen molar-refractivity contribution in [1.29, 1.82) is 0 Å². The lowest BCUT2D eigenvalue weighted by Crippen LogP contribution is -2.15. The van der Waals surface area contributed by atoms with E-state index in [2.05, 4.69) is 9.97 Å². The van der Waals surface area contributed by atoms with Gasteiger partial charge in [0.2, 0.25) is 0 Å². The maximum atomic E-state index is 12.9. The van der Waals surface area contributed by atoms with E-state index in [0.717, 1.165) is 0 Å². The number of furan rings is 1. The molecule has 0 radical (unpaired) electrons. The lowest BCUT2D eigenvalue weighted by atomic mass is 10.1. The van der Waals surface area contributed by atoms with Crippen LogP contribution in [0.15, 0.2) is 75.6 Å². The Morgan fingerprint density at radius 1 is 1.14 bits per heavy atom. The summed E-state index contributed by atoms with van der Waals surface area (Å²) in [5.41, 5.74) is 1.75. The van der Waals surface area contributed by atoms with Crippen LogP contribution in [0, 0.1) is 0 Å². The molecule has 0 aliphatic carbocycles. The number of carbonyl (C=O) groups excluding carboxylic acids is 1. The van der Waals surface area contributed by atoms with Crippen molar-refractivity contribution in [2.75, 3.05) is 0 Å². The highest BCUT2D eigenvalue weighted by atomic mass is 32.1. The molecule has 0 N–H and O–H groups in total. The van der Waals surface area contributed by atoms with Crippen LogP contribution in [0.3, 0.4) is 0 Å². The summed E-state index contributed by atoms with van der Waals surface area (Å²) in [5, 5.41) is 2.45. The molecule has 0 saturated heterocycles.